The number of carbonyl (C=O) groups is 1. The smallest absolute Gasteiger partial charge is 0.410 e. The van der Waals surface area contributed by atoms with Gasteiger partial charge in [0.2, 0.25) is 0 Å². The molecule has 0 bridgehead atoms. The Kier molecular flexibility index (Phi) is 2.87. The van der Waals surface area contributed by atoms with Crippen LogP contribution in [0.15, 0.2) is 0 Å². The van der Waals surface area contributed by atoms with E-state index in [2.05, 4.69) is 0 Å². The number of thioether (sulfide) groups is 1. The molecule has 0 aromatic carbocycles. The van der Waals surface area contributed by atoms with Crippen LogP contribution in [-0.2, 0) is 4.74 Å². The molecule has 0 unspecified atom stereocenters. The zero-order valence-corrected chi connectivity index (χ0v) is 11.0. The van der Waals surface area contributed by atoms with Gasteiger partial charge in [0.05, 0.1) is 4.75 Å². The third-order valence-electron chi connectivity index (χ3n) is 3.06. The average molecular weight is 244 g/mol. The largest absolute Gasteiger partial charge is 0.444 e. The summed E-state index contributed by atoms with van der Waals surface area (Å²) in [5, 5.41) is 0. The molecule has 1 spiro atoms. The van der Waals surface area contributed by atoms with Gasteiger partial charge in [-0.2, -0.15) is 0 Å². The number of likely N-dealkylation sites (tertiary alicyclic amines) is 1. The fourth-order valence-corrected chi connectivity index (χ4v) is 3.74. The maximum Gasteiger partial charge on any atom is 0.410 e. The van der Waals surface area contributed by atoms with E-state index in [0.29, 0.717) is 0 Å². The van der Waals surface area contributed by atoms with Gasteiger partial charge < -0.3 is 15.4 Å². The lowest BCUT2D eigenvalue weighted by Gasteiger charge is -2.49. The van der Waals surface area contributed by atoms with Crippen LogP contribution in [0.5, 0.6) is 0 Å². The lowest BCUT2D eigenvalue weighted by atomic mass is 9.90. The monoisotopic (exact) mass is 244 g/mol. The van der Waals surface area contributed by atoms with Gasteiger partial charge in [0, 0.05) is 19.1 Å². The maximum absolute atomic E-state index is 11.7. The van der Waals surface area contributed by atoms with Crippen LogP contribution < -0.4 is 5.73 Å². The van der Waals surface area contributed by atoms with E-state index in [0.717, 1.165) is 25.3 Å². The first kappa shape index (κ1) is 12.0. The van der Waals surface area contributed by atoms with E-state index in [1.807, 2.05) is 32.5 Å². The molecule has 0 radical (unpaired) electrons. The summed E-state index contributed by atoms with van der Waals surface area (Å²) in [4.78, 5) is 13.5. The molecule has 16 heavy (non-hydrogen) atoms. The number of amides is 1. The predicted octanol–water partition coefficient (Wildman–Crippen LogP) is 1.44. The number of carbonyl (C=O) groups excluding carboxylic acids is 1. The highest BCUT2D eigenvalue weighted by molar-refractivity contribution is 8.01. The number of ether oxygens (including phenoxy) is 1. The maximum atomic E-state index is 11.7. The summed E-state index contributed by atoms with van der Waals surface area (Å²) in [5.74, 6) is 1.11. The number of nitrogens with zero attached hydrogens (tertiary/aromatic N) is 1. The summed E-state index contributed by atoms with van der Waals surface area (Å²) >= 11 is 1.90. The number of hydrogen-bond acceptors (Lipinski definition) is 4. The Labute approximate surface area is 101 Å². The molecule has 2 aliphatic rings. The van der Waals surface area contributed by atoms with Gasteiger partial charge in [0.1, 0.15) is 5.60 Å². The van der Waals surface area contributed by atoms with Gasteiger partial charge in [0.15, 0.2) is 0 Å². The van der Waals surface area contributed by atoms with E-state index >= 15 is 0 Å². The topological polar surface area (TPSA) is 55.6 Å². The van der Waals surface area contributed by atoms with Gasteiger partial charge in [-0.3, -0.25) is 0 Å². The molecule has 0 aromatic rings. The summed E-state index contributed by atoms with van der Waals surface area (Å²) in [7, 11) is 0. The highest BCUT2D eigenvalue weighted by Gasteiger charge is 2.53. The molecule has 0 aliphatic carbocycles. The Morgan fingerprint density at radius 3 is 2.56 bits per heavy atom. The van der Waals surface area contributed by atoms with Crippen molar-refractivity contribution in [1.82, 2.24) is 4.90 Å². The summed E-state index contributed by atoms with van der Waals surface area (Å²) < 4.78 is 5.44. The van der Waals surface area contributed by atoms with Crippen LogP contribution in [0.2, 0.25) is 0 Å². The number of rotatable bonds is 0. The normalized spacial score (nSPS) is 28.0. The van der Waals surface area contributed by atoms with Gasteiger partial charge in [-0.1, -0.05) is 0 Å². The van der Waals surface area contributed by atoms with Gasteiger partial charge in [-0.05, 0) is 32.9 Å². The minimum atomic E-state index is -0.412. The van der Waals surface area contributed by atoms with Crippen molar-refractivity contribution in [1.29, 1.82) is 0 Å². The minimum Gasteiger partial charge on any atom is -0.444 e. The molecule has 2 N–H and O–H groups in total. The molecule has 1 amide bonds. The third kappa shape index (κ3) is 2.15. The van der Waals surface area contributed by atoms with Gasteiger partial charge in [-0.15, -0.1) is 11.8 Å². The van der Waals surface area contributed by atoms with Crippen molar-refractivity contribution in [2.24, 2.45) is 5.73 Å². The summed E-state index contributed by atoms with van der Waals surface area (Å²) in [6.07, 6.45) is 0.852. The fourth-order valence-electron chi connectivity index (χ4n) is 2.14. The van der Waals surface area contributed by atoms with Crippen molar-refractivity contribution in [3.8, 4) is 0 Å². The number of hydrogen-bond donors (Lipinski definition) is 1. The van der Waals surface area contributed by atoms with Crippen LogP contribution in [-0.4, -0.2) is 46.2 Å². The van der Waals surface area contributed by atoms with E-state index < -0.39 is 5.60 Å². The zero-order valence-electron chi connectivity index (χ0n) is 10.2. The van der Waals surface area contributed by atoms with Crippen LogP contribution in [0.4, 0.5) is 4.79 Å². The molecule has 5 heteroatoms. The van der Waals surface area contributed by atoms with Crippen molar-refractivity contribution in [3.05, 3.63) is 0 Å². The summed E-state index contributed by atoms with van der Waals surface area (Å²) in [5.41, 5.74) is 5.65. The van der Waals surface area contributed by atoms with Gasteiger partial charge in [0.25, 0.3) is 0 Å². The first-order chi connectivity index (χ1) is 7.32. The Morgan fingerprint density at radius 2 is 2.12 bits per heavy atom. The molecular formula is C11H20N2O2S. The first-order valence-electron chi connectivity index (χ1n) is 5.70. The number of nitrogens with two attached hydrogens (primary N) is 1. The molecule has 2 saturated heterocycles. The SMILES string of the molecule is CC(C)(C)OC(=O)N1CC2(C1)SCC[C@@H]2N. The van der Waals surface area contributed by atoms with Crippen molar-refractivity contribution >= 4 is 17.9 Å². The van der Waals surface area contributed by atoms with E-state index in [1.165, 1.54) is 0 Å². The van der Waals surface area contributed by atoms with E-state index in [-0.39, 0.29) is 16.9 Å². The van der Waals surface area contributed by atoms with E-state index in [9.17, 15) is 4.79 Å². The Morgan fingerprint density at radius 1 is 1.50 bits per heavy atom. The molecule has 2 aliphatic heterocycles. The lowest BCUT2D eigenvalue weighted by Crippen LogP contribution is -2.67. The third-order valence-corrected chi connectivity index (χ3v) is 4.64. The van der Waals surface area contributed by atoms with Crippen molar-refractivity contribution in [3.63, 3.8) is 0 Å². The van der Waals surface area contributed by atoms with Crippen LogP contribution in [0.3, 0.4) is 0 Å². The molecule has 1 atom stereocenters. The predicted molar refractivity (Wildman–Crippen MR) is 65.6 cm³/mol. The van der Waals surface area contributed by atoms with Crippen molar-refractivity contribution < 1.29 is 9.53 Å². The quantitative estimate of drug-likeness (QED) is 0.700. The van der Waals surface area contributed by atoms with Crippen molar-refractivity contribution in [2.45, 2.75) is 43.6 Å². The van der Waals surface area contributed by atoms with Gasteiger partial charge in [-0.25, -0.2) is 4.79 Å². The Bertz CT molecular complexity index is 295. The molecule has 4 nitrogen and oxygen atoms in total. The molecule has 0 saturated carbocycles. The molecular weight excluding hydrogens is 224 g/mol. The molecule has 0 aromatic heterocycles. The van der Waals surface area contributed by atoms with Crippen LogP contribution in [0.1, 0.15) is 27.2 Å². The Hall–Kier alpha value is -0.420. The second kappa shape index (κ2) is 3.81. The fraction of sp³-hybridized carbons (Fsp3) is 0.909. The van der Waals surface area contributed by atoms with Crippen molar-refractivity contribution in [2.75, 3.05) is 18.8 Å². The standard InChI is InChI=1S/C11H20N2O2S/c1-10(2,3)15-9(14)13-6-11(7-13)8(12)4-5-16-11/h8H,4-7,12H2,1-3H3/t8-/m0/s1. The molecule has 2 rings (SSSR count). The molecule has 2 fully saturated rings. The average Bonchev–Trinajstić information content (AvgIpc) is 2.40. The summed E-state index contributed by atoms with van der Waals surface area (Å²) in [6.45, 7) is 7.14. The van der Waals surface area contributed by atoms with Crippen LogP contribution in [0, 0.1) is 0 Å². The van der Waals surface area contributed by atoms with Gasteiger partial charge >= 0.3 is 6.09 Å². The van der Waals surface area contributed by atoms with Crippen LogP contribution in [0.25, 0.3) is 0 Å². The first-order valence-corrected chi connectivity index (χ1v) is 6.68. The summed E-state index contributed by atoms with van der Waals surface area (Å²) in [6, 6.07) is 0.233. The minimum absolute atomic E-state index is 0.122. The van der Waals surface area contributed by atoms with Crippen LogP contribution >= 0.6 is 11.8 Å². The highest BCUT2D eigenvalue weighted by atomic mass is 32.2. The molecule has 2 heterocycles. The highest BCUT2D eigenvalue weighted by Crippen LogP contribution is 2.44. The Balaban J connectivity index is 1.86. The zero-order chi connectivity index (χ0) is 12.0. The second-order valence-electron chi connectivity index (χ2n) is 5.64. The van der Waals surface area contributed by atoms with E-state index in [4.69, 9.17) is 10.5 Å². The lowest BCUT2D eigenvalue weighted by molar-refractivity contribution is 0.00277. The second-order valence-corrected chi connectivity index (χ2v) is 7.15. The van der Waals surface area contributed by atoms with E-state index in [1.54, 1.807) is 4.90 Å². The molecule has 92 valence electrons.